The lowest BCUT2D eigenvalue weighted by Crippen LogP contribution is -2.28. The summed E-state index contributed by atoms with van der Waals surface area (Å²) in [4.78, 5) is 0. The number of nitrogens with one attached hydrogen (secondary N) is 2. The maximum absolute atomic E-state index is 5.10. The lowest BCUT2D eigenvalue weighted by molar-refractivity contribution is 1.08. The van der Waals surface area contributed by atoms with Crippen LogP contribution in [0.5, 0.6) is 0 Å². The summed E-state index contributed by atoms with van der Waals surface area (Å²) in [5.41, 5.74) is 2.15. The fourth-order valence-corrected chi connectivity index (χ4v) is 1.19. The van der Waals surface area contributed by atoms with Crippen LogP contribution in [-0.2, 0) is 0 Å². The van der Waals surface area contributed by atoms with E-state index < -0.39 is 0 Å². The van der Waals surface area contributed by atoms with Gasteiger partial charge in [0.1, 0.15) is 0 Å². The first-order chi connectivity index (χ1) is 6.74. The predicted molar refractivity (Wildman–Crippen MR) is 64.2 cm³/mol. The van der Waals surface area contributed by atoms with Crippen LogP contribution in [0.15, 0.2) is 24.3 Å². The molecule has 1 aromatic carbocycles. The van der Waals surface area contributed by atoms with Gasteiger partial charge in [0.15, 0.2) is 5.11 Å². The first-order valence-corrected chi connectivity index (χ1v) is 4.69. The minimum atomic E-state index is 0.442. The summed E-state index contributed by atoms with van der Waals surface area (Å²) in [5, 5.41) is 6.52. The van der Waals surface area contributed by atoms with Gasteiger partial charge in [-0.15, -0.1) is 6.42 Å². The van der Waals surface area contributed by atoms with Gasteiger partial charge < -0.3 is 10.6 Å². The smallest absolute Gasteiger partial charge is 0.171 e. The number of thiocarbonyl (C=S) groups is 1. The van der Waals surface area contributed by atoms with Gasteiger partial charge in [-0.3, -0.25) is 0 Å². The average molecular weight is 204 g/mol. The molecular formula is C11H12N2S. The summed E-state index contributed by atoms with van der Waals surface area (Å²) >= 11 is 5.04. The summed E-state index contributed by atoms with van der Waals surface area (Å²) in [6.07, 6.45) is 5.10. The van der Waals surface area contributed by atoms with Crippen molar-refractivity contribution in [3.05, 3.63) is 29.8 Å². The number of terminal acetylenes is 1. The number of aryl methyl sites for hydroxylation is 1. The second kappa shape index (κ2) is 5.25. The Morgan fingerprint density at radius 1 is 1.50 bits per heavy atom. The van der Waals surface area contributed by atoms with Gasteiger partial charge in [0, 0.05) is 5.69 Å². The summed E-state index contributed by atoms with van der Waals surface area (Å²) in [5.74, 6) is 2.46. The van der Waals surface area contributed by atoms with Crippen LogP contribution in [0.2, 0.25) is 0 Å². The van der Waals surface area contributed by atoms with Crippen molar-refractivity contribution in [1.82, 2.24) is 5.32 Å². The minimum absolute atomic E-state index is 0.442. The second-order valence-electron chi connectivity index (χ2n) is 2.83. The van der Waals surface area contributed by atoms with Gasteiger partial charge in [-0.2, -0.15) is 0 Å². The zero-order chi connectivity index (χ0) is 10.4. The molecule has 0 saturated carbocycles. The van der Waals surface area contributed by atoms with Gasteiger partial charge in [0.2, 0.25) is 0 Å². The Bertz CT molecular complexity index is 366. The molecule has 0 spiro atoms. The Kier molecular flexibility index (Phi) is 3.96. The van der Waals surface area contributed by atoms with Crippen LogP contribution >= 0.6 is 12.2 Å². The summed E-state index contributed by atoms with van der Waals surface area (Å²) in [7, 11) is 0. The monoisotopic (exact) mass is 204 g/mol. The highest BCUT2D eigenvalue weighted by Gasteiger charge is 1.97. The largest absolute Gasteiger partial charge is 0.352 e. The maximum Gasteiger partial charge on any atom is 0.171 e. The van der Waals surface area contributed by atoms with Gasteiger partial charge in [0.25, 0.3) is 0 Å². The van der Waals surface area contributed by atoms with E-state index in [4.69, 9.17) is 18.6 Å². The van der Waals surface area contributed by atoms with E-state index in [1.165, 1.54) is 0 Å². The van der Waals surface area contributed by atoms with Crippen LogP contribution in [-0.4, -0.2) is 11.7 Å². The molecule has 0 saturated heterocycles. The number of para-hydroxylation sites is 1. The van der Waals surface area contributed by atoms with E-state index in [1.807, 2.05) is 31.2 Å². The van der Waals surface area contributed by atoms with Crippen LogP contribution in [0.25, 0.3) is 0 Å². The first kappa shape index (κ1) is 10.6. The lowest BCUT2D eigenvalue weighted by atomic mass is 10.2. The zero-order valence-electron chi connectivity index (χ0n) is 8.00. The Morgan fingerprint density at radius 3 is 2.86 bits per heavy atom. The number of hydrogen-bond donors (Lipinski definition) is 2. The summed E-state index contributed by atoms with van der Waals surface area (Å²) in [6, 6.07) is 7.93. The van der Waals surface area contributed by atoms with Crippen molar-refractivity contribution in [2.24, 2.45) is 0 Å². The highest BCUT2D eigenvalue weighted by atomic mass is 32.1. The quantitative estimate of drug-likeness (QED) is 0.568. The molecule has 0 bridgehead atoms. The molecule has 2 N–H and O–H groups in total. The second-order valence-corrected chi connectivity index (χ2v) is 3.23. The van der Waals surface area contributed by atoms with E-state index in [2.05, 4.69) is 16.6 Å². The van der Waals surface area contributed by atoms with Crippen molar-refractivity contribution in [2.75, 3.05) is 11.9 Å². The average Bonchev–Trinajstić information content (AvgIpc) is 2.18. The molecule has 0 atom stereocenters. The standard InChI is InChI=1S/C11H12N2S/c1-3-8-12-11(14)13-10-7-5-4-6-9(10)2/h1,4-7H,8H2,2H3,(H2,12,13,14). The highest BCUT2D eigenvalue weighted by molar-refractivity contribution is 7.80. The Hall–Kier alpha value is -1.53. The van der Waals surface area contributed by atoms with Crippen LogP contribution in [0.4, 0.5) is 5.69 Å². The number of anilines is 1. The predicted octanol–water partition coefficient (Wildman–Crippen LogP) is 1.91. The molecule has 0 unspecified atom stereocenters. The molecule has 0 aliphatic rings. The van der Waals surface area contributed by atoms with E-state index in [0.29, 0.717) is 11.7 Å². The van der Waals surface area contributed by atoms with E-state index >= 15 is 0 Å². The maximum atomic E-state index is 5.10. The molecule has 2 nitrogen and oxygen atoms in total. The fourth-order valence-electron chi connectivity index (χ4n) is 1.01. The van der Waals surface area contributed by atoms with Gasteiger partial charge in [-0.05, 0) is 30.8 Å². The van der Waals surface area contributed by atoms with E-state index in [-0.39, 0.29) is 0 Å². The SMILES string of the molecule is C#CCNC(=S)Nc1ccccc1C. The number of hydrogen-bond acceptors (Lipinski definition) is 1. The van der Waals surface area contributed by atoms with E-state index in [0.717, 1.165) is 11.3 Å². The molecule has 0 heterocycles. The Morgan fingerprint density at radius 2 is 2.21 bits per heavy atom. The molecule has 0 radical (unpaired) electrons. The van der Waals surface area contributed by atoms with Crippen molar-refractivity contribution in [3.63, 3.8) is 0 Å². The molecular weight excluding hydrogens is 192 g/mol. The summed E-state index contributed by atoms with van der Waals surface area (Å²) in [6.45, 7) is 2.46. The van der Waals surface area contributed by atoms with Crippen LogP contribution in [0, 0.1) is 19.3 Å². The molecule has 3 heteroatoms. The molecule has 0 aliphatic carbocycles. The first-order valence-electron chi connectivity index (χ1n) is 4.28. The minimum Gasteiger partial charge on any atom is -0.352 e. The molecule has 0 aliphatic heterocycles. The lowest BCUT2D eigenvalue weighted by Gasteiger charge is -2.10. The summed E-state index contributed by atoms with van der Waals surface area (Å²) < 4.78 is 0. The molecule has 14 heavy (non-hydrogen) atoms. The van der Waals surface area contributed by atoms with Gasteiger partial charge in [-0.25, -0.2) is 0 Å². The van der Waals surface area contributed by atoms with E-state index in [9.17, 15) is 0 Å². The van der Waals surface area contributed by atoms with Crippen LogP contribution < -0.4 is 10.6 Å². The van der Waals surface area contributed by atoms with Gasteiger partial charge in [-0.1, -0.05) is 24.1 Å². The third-order valence-electron chi connectivity index (χ3n) is 1.74. The Balaban J connectivity index is 2.57. The third kappa shape index (κ3) is 3.08. The topological polar surface area (TPSA) is 24.1 Å². The molecule has 0 fully saturated rings. The van der Waals surface area contributed by atoms with Crippen LogP contribution in [0.3, 0.4) is 0 Å². The van der Waals surface area contributed by atoms with Crippen molar-refractivity contribution in [1.29, 1.82) is 0 Å². The van der Waals surface area contributed by atoms with Crippen molar-refractivity contribution < 1.29 is 0 Å². The molecule has 0 aromatic heterocycles. The third-order valence-corrected chi connectivity index (χ3v) is 1.99. The van der Waals surface area contributed by atoms with Crippen molar-refractivity contribution >= 4 is 23.0 Å². The fraction of sp³-hybridized carbons (Fsp3) is 0.182. The molecule has 1 aromatic rings. The van der Waals surface area contributed by atoms with Crippen LogP contribution in [0.1, 0.15) is 5.56 Å². The zero-order valence-corrected chi connectivity index (χ0v) is 8.82. The highest BCUT2D eigenvalue weighted by Crippen LogP contribution is 2.12. The normalized spacial score (nSPS) is 8.86. The molecule has 72 valence electrons. The molecule has 1 rings (SSSR count). The Labute approximate surface area is 89.7 Å². The van der Waals surface area contributed by atoms with Crippen molar-refractivity contribution in [3.8, 4) is 12.3 Å². The van der Waals surface area contributed by atoms with E-state index in [1.54, 1.807) is 0 Å². The van der Waals surface area contributed by atoms with Gasteiger partial charge in [0.05, 0.1) is 6.54 Å². The van der Waals surface area contributed by atoms with Gasteiger partial charge >= 0.3 is 0 Å². The number of rotatable bonds is 2. The molecule has 0 amide bonds. The van der Waals surface area contributed by atoms with Crippen molar-refractivity contribution in [2.45, 2.75) is 6.92 Å². The number of benzene rings is 1.